The Bertz CT molecular complexity index is 631. The first-order valence-electron chi connectivity index (χ1n) is 7.23. The lowest BCUT2D eigenvalue weighted by atomic mass is 10.0. The van der Waals surface area contributed by atoms with Crippen LogP contribution in [0.2, 0.25) is 0 Å². The minimum atomic E-state index is 0.795. The molecule has 0 unspecified atom stereocenters. The molecule has 2 saturated heterocycles. The Balaban J connectivity index is 1.70. The van der Waals surface area contributed by atoms with Gasteiger partial charge in [-0.1, -0.05) is 6.07 Å². The van der Waals surface area contributed by atoms with Crippen molar-refractivity contribution in [3.05, 3.63) is 30.5 Å². The maximum Gasteiger partial charge on any atom is 0.128 e. The molecule has 4 heteroatoms. The molecule has 4 nitrogen and oxygen atoms in total. The molecule has 0 radical (unpaired) electrons. The standard InChI is InChI=1S/C16H19N3O/c1-20-16-4-2-3-15-14(16)5-13(8-18-15)19-9-11-6-17-7-12(11)10-19/h2-5,8,11-12,17H,6-7,9-10H2,1H3/t11-,12+. The monoisotopic (exact) mass is 269 g/mol. The van der Waals surface area contributed by atoms with E-state index >= 15 is 0 Å². The first kappa shape index (κ1) is 12.0. The van der Waals surface area contributed by atoms with E-state index in [1.54, 1.807) is 7.11 Å². The predicted octanol–water partition coefficient (Wildman–Crippen LogP) is 1.90. The van der Waals surface area contributed by atoms with Gasteiger partial charge in [-0.25, -0.2) is 0 Å². The van der Waals surface area contributed by atoms with Crippen LogP contribution in [0, 0.1) is 11.8 Å². The van der Waals surface area contributed by atoms with Crippen LogP contribution in [0.25, 0.3) is 10.9 Å². The zero-order chi connectivity index (χ0) is 13.5. The fourth-order valence-electron chi connectivity index (χ4n) is 3.53. The minimum Gasteiger partial charge on any atom is -0.496 e. The number of nitrogens with zero attached hydrogens (tertiary/aromatic N) is 2. The Labute approximate surface area is 118 Å². The molecule has 0 bridgehead atoms. The van der Waals surface area contributed by atoms with E-state index in [1.807, 2.05) is 24.4 Å². The number of hydrogen-bond donors (Lipinski definition) is 1. The van der Waals surface area contributed by atoms with Crippen LogP contribution in [-0.2, 0) is 0 Å². The average molecular weight is 269 g/mol. The molecule has 2 fully saturated rings. The van der Waals surface area contributed by atoms with Crippen LogP contribution in [0.3, 0.4) is 0 Å². The number of hydrogen-bond acceptors (Lipinski definition) is 4. The fourth-order valence-corrected chi connectivity index (χ4v) is 3.53. The molecule has 104 valence electrons. The zero-order valence-corrected chi connectivity index (χ0v) is 11.7. The van der Waals surface area contributed by atoms with Crippen molar-refractivity contribution in [2.75, 3.05) is 38.2 Å². The molecule has 2 aliphatic heterocycles. The van der Waals surface area contributed by atoms with Gasteiger partial charge in [0.05, 0.1) is 24.5 Å². The van der Waals surface area contributed by atoms with Crippen molar-refractivity contribution in [1.82, 2.24) is 10.3 Å². The third kappa shape index (κ3) is 1.83. The lowest BCUT2D eigenvalue weighted by molar-refractivity contribution is 0.420. The number of ether oxygens (including phenoxy) is 1. The van der Waals surface area contributed by atoms with E-state index in [9.17, 15) is 0 Å². The Kier molecular flexibility index (Phi) is 2.77. The molecule has 0 saturated carbocycles. The molecular weight excluding hydrogens is 250 g/mol. The van der Waals surface area contributed by atoms with E-state index in [0.717, 1.165) is 54.7 Å². The van der Waals surface area contributed by atoms with Crippen LogP contribution >= 0.6 is 0 Å². The third-order valence-corrected chi connectivity index (χ3v) is 4.65. The van der Waals surface area contributed by atoms with Crippen LogP contribution in [0.4, 0.5) is 5.69 Å². The summed E-state index contributed by atoms with van der Waals surface area (Å²) in [5, 5.41) is 4.58. The highest BCUT2D eigenvalue weighted by molar-refractivity contribution is 5.87. The maximum atomic E-state index is 5.45. The first-order chi connectivity index (χ1) is 9.85. The van der Waals surface area contributed by atoms with Gasteiger partial charge < -0.3 is 15.0 Å². The van der Waals surface area contributed by atoms with Crippen LogP contribution in [0.15, 0.2) is 30.5 Å². The zero-order valence-electron chi connectivity index (χ0n) is 11.7. The molecule has 20 heavy (non-hydrogen) atoms. The van der Waals surface area contributed by atoms with Gasteiger partial charge in [-0.15, -0.1) is 0 Å². The summed E-state index contributed by atoms with van der Waals surface area (Å²) in [6.07, 6.45) is 2.00. The lowest BCUT2D eigenvalue weighted by Gasteiger charge is -2.20. The summed E-state index contributed by atoms with van der Waals surface area (Å²) in [4.78, 5) is 7.06. The summed E-state index contributed by atoms with van der Waals surface area (Å²) < 4.78 is 5.45. The van der Waals surface area contributed by atoms with Gasteiger partial charge in [0.25, 0.3) is 0 Å². The highest BCUT2D eigenvalue weighted by atomic mass is 16.5. The normalized spacial score (nSPS) is 25.1. The SMILES string of the molecule is COc1cccc2ncc(N3C[C@H]4CNC[C@H]4C3)cc12. The second-order valence-electron chi connectivity index (χ2n) is 5.80. The van der Waals surface area contributed by atoms with Gasteiger partial charge in [0.2, 0.25) is 0 Å². The Morgan fingerprint density at radius 1 is 1.25 bits per heavy atom. The largest absolute Gasteiger partial charge is 0.496 e. The Hall–Kier alpha value is -1.81. The fraction of sp³-hybridized carbons (Fsp3) is 0.438. The van der Waals surface area contributed by atoms with E-state index in [1.165, 1.54) is 5.69 Å². The smallest absolute Gasteiger partial charge is 0.128 e. The number of benzene rings is 1. The number of anilines is 1. The molecule has 1 aromatic heterocycles. The van der Waals surface area contributed by atoms with Crippen LogP contribution in [0.1, 0.15) is 0 Å². The quantitative estimate of drug-likeness (QED) is 0.903. The van der Waals surface area contributed by atoms with Gasteiger partial charge in [-0.3, -0.25) is 4.98 Å². The van der Waals surface area contributed by atoms with E-state index in [0.29, 0.717) is 0 Å². The Morgan fingerprint density at radius 2 is 2.05 bits per heavy atom. The second-order valence-corrected chi connectivity index (χ2v) is 5.80. The molecule has 1 N–H and O–H groups in total. The molecule has 3 heterocycles. The molecule has 0 aliphatic carbocycles. The topological polar surface area (TPSA) is 37.4 Å². The maximum absolute atomic E-state index is 5.45. The van der Waals surface area contributed by atoms with Crippen molar-refractivity contribution in [2.24, 2.45) is 11.8 Å². The number of methoxy groups -OCH3 is 1. The summed E-state index contributed by atoms with van der Waals surface area (Å²) in [5.74, 6) is 2.49. The number of nitrogens with one attached hydrogen (secondary N) is 1. The number of pyridine rings is 1. The van der Waals surface area contributed by atoms with Crippen LogP contribution < -0.4 is 15.0 Å². The number of fused-ring (bicyclic) bond motifs is 2. The van der Waals surface area contributed by atoms with Crippen LogP contribution in [-0.4, -0.2) is 38.3 Å². The number of aromatic nitrogens is 1. The summed E-state index contributed by atoms with van der Waals surface area (Å²) in [6, 6.07) is 8.23. The van der Waals surface area contributed by atoms with E-state index in [-0.39, 0.29) is 0 Å². The molecule has 2 atom stereocenters. The highest BCUT2D eigenvalue weighted by Gasteiger charge is 2.36. The van der Waals surface area contributed by atoms with Gasteiger partial charge in [-0.05, 0) is 30.0 Å². The minimum absolute atomic E-state index is 0.795. The first-order valence-corrected chi connectivity index (χ1v) is 7.23. The molecule has 4 rings (SSSR count). The van der Waals surface area contributed by atoms with Crippen molar-refractivity contribution in [3.8, 4) is 5.75 Å². The lowest BCUT2D eigenvalue weighted by Crippen LogP contribution is -2.25. The molecular formula is C16H19N3O. The second kappa shape index (κ2) is 4.63. The van der Waals surface area contributed by atoms with Crippen molar-refractivity contribution in [3.63, 3.8) is 0 Å². The van der Waals surface area contributed by atoms with E-state index in [4.69, 9.17) is 4.74 Å². The summed E-state index contributed by atoms with van der Waals surface area (Å²) in [5.41, 5.74) is 2.21. The molecule has 2 aromatic rings. The van der Waals surface area contributed by atoms with Gasteiger partial charge >= 0.3 is 0 Å². The van der Waals surface area contributed by atoms with Crippen molar-refractivity contribution < 1.29 is 4.74 Å². The van der Waals surface area contributed by atoms with Gasteiger partial charge in [0.15, 0.2) is 0 Å². The summed E-state index contributed by atoms with van der Waals surface area (Å²) >= 11 is 0. The highest BCUT2D eigenvalue weighted by Crippen LogP contribution is 2.33. The van der Waals surface area contributed by atoms with E-state index < -0.39 is 0 Å². The van der Waals surface area contributed by atoms with Crippen molar-refractivity contribution >= 4 is 16.6 Å². The van der Waals surface area contributed by atoms with E-state index in [2.05, 4.69) is 21.3 Å². The van der Waals surface area contributed by atoms with Crippen molar-refractivity contribution in [1.29, 1.82) is 0 Å². The molecule has 0 spiro atoms. The van der Waals surface area contributed by atoms with Gasteiger partial charge in [-0.2, -0.15) is 0 Å². The summed E-state index contributed by atoms with van der Waals surface area (Å²) in [6.45, 7) is 4.59. The number of rotatable bonds is 2. The van der Waals surface area contributed by atoms with Crippen LogP contribution in [0.5, 0.6) is 5.75 Å². The predicted molar refractivity (Wildman–Crippen MR) is 80.4 cm³/mol. The van der Waals surface area contributed by atoms with Crippen molar-refractivity contribution in [2.45, 2.75) is 0 Å². The Morgan fingerprint density at radius 3 is 2.80 bits per heavy atom. The van der Waals surface area contributed by atoms with Gasteiger partial charge in [0.1, 0.15) is 5.75 Å². The molecule has 1 aromatic carbocycles. The molecule has 0 amide bonds. The average Bonchev–Trinajstić information content (AvgIpc) is 3.07. The molecule has 2 aliphatic rings. The van der Waals surface area contributed by atoms with Gasteiger partial charge in [0, 0.05) is 31.6 Å². The third-order valence-electron chi connectivity index (χ3n) is 4.65. The summed E-state index contributed by atoms with van der Waals surface area (Å²) in [7, 11) is 1.72.